The summed E-state index contributed by atoms with van der Waals surface area (Å²) in [4.78, 5) is 14.4. The Bertz CT molecular complexity index is 823. The van der Waals surface area contributed by atoms with Crippen LogP contribution < -0.4 is 15.5 Å². The smallest absolute Gasteiger partial charge is 0.293 e. The summed E-state index contributed by atoms with van der Waals surface area (Å²) in [5, 5.41) is 10.9. The van der Waals surface area contributed by atoms with E-state index in [1.165, 1.54) is 0 Å². The highest BCUT2D eigenvalue weighted by atomic mass is 127. The standard InChI is InChI=1S/C10H13IN2O3.C10H15IN2O/c1-12(5-6-16-2)9-4-3-8(11)7-10(9)13(14)15;1-13(5-6-14-2)10-4-3-8(11)7-9(10)12/h3-4,7H,5-6H2,1-2H3;3-4,7H,5-6,12H2,1-2H3. The molecule has 0 bridgehead atoms. The topological polar surface area (TPSA) is 94.1 Å². The van der Waals surface area contributed by atoms with Gasteiger partial charge in [-0.2, -0.15) is 0 Å². The highest BCUT2D eigenvalue weighted by molar-refractivity contribution is 14.1. The van der Waals surface area contributed by atoms with Gasteiger partial charge < -0.3 is 25.0 Å². The molecular formula is C20H28I2N4O4. The molecule has 2 aromatic rings. The first-order chi connectivity index (χ1) is 14.2. The van der Waals surface area contributed by atoms with Crippen LogP contribution >= 0.6 is 45.2 Å². The number of benzene rings is 2. The number of nitrogen functional groups attached to an aromatic ring is 1. The van der Waals surface area contributed by atoms with Crippen LogP contribution in [0.15, 0.2) is 36.4 Å². The first-order valence-electron chi connectivity index (χ1n) is 9.10. The molecule has 0 spiro atoms. The monoisotopic (exact) mass is 642 g/mol. The Hall–Kier alpha value is -1.38. The SMILES string of the molecule is COCCN(C)c1ccc(I)cc1N.COCCN(C)c1ccc(I)cc1[N+](=O)[O-]. The predicted molar refractivity (Wildman–Crippen MR) is 140 cm³/mol. The number of nitro groups is 1. The third kappa shape index (κ3) is 8.78. The fourth-order valence-corrected chi connectivity index (χ4v) is 3.53. The number of anilines is 3. The molecule has 2 rings (SSSR count). The molecule has 0 aliphatic carbocycles. The second kappa shape index (κ2) is 13.8. The average Bonchev–Trinajstić information content (AvgIpc) is 2.70. The van der Waals surface area contributed by atoms with Crippen molar-refractivity contribution in [2.75, 3.05) is 70.2 Å². The van der Waals surface area contributed by atoms with Crippen molar-refractivity contribution in [3.05, 3.63) is 53.7 Å². The molecule has 0 aliphatic heterocycles. The molecule has 0 saturated carbocycles. The number of methoxy groups -OCH3 is 2. The van der Waals surface area contributed by atoms with Crippen LogP contribution in [0.2, 0.25) is 0 Å². The van der Waals surface area contributed by atoms with Crippen molar-refractivity contribution in [3.8, 4) is 0 Å². The van der Waals surface area contributed by atoms with Crippen LogP contribution in [-0.4, -0.2) is 59.5 Å². The van der Waals surface area contributed by atoms with Crippen molar-refractivity contribution >= 4 is 67.9 Å². The molecule has 0 unspecified atom stereocenters. The van der Waals surface area contributed by atoms with E-state index in [4.69, 9.17) is 15.2 Å². The maximum atomic E-state index is 10.9. The summed E-state index contributed by atoms with van der Waals surface area (Å²) >= 11 is 4.31. The summed E-state index contributed by atoms with van der Waals surface area (Å²) in [6.07, 6.45) is 0. The van der Waals surface area contributed by atoms with Crippen LogP contribution in [0, 0.1) is 17.3 Å². The molecule has 0 amide bonds. The number of nitrogens with two attached hydrogens (primary N) is 1. The fraction of sp³-hybridized carbons (Fsp3) is 0.400. The largest absolute Gasteiger partial charge is 0.397 e. The third-order valence-electron chi connectivity index (χ3n) is 4.21. The predicted octanol–water partition coefficient (Wildman–Crippen LogP) is 4.24. The average molecular weight is 642 g/mol. The Morgan fingerprint density at radius 2 is 1.40 bits per heavy atom. The van der Waals surface area contributed by atoms with Crippen molar-refractivity contribution < 1.29 is 14.4 Å². The Morgan fingerprint density at radius 1 is 0.933 bits per heavy atom. The van der Waals surface area contributed by atoms with Gasteiger partial charge in [-0.3, -0.25) is 10.1 Å². The summed E-state index contributed by atoms with van der Waals surface area (Å²) in [5.41, 5.74) is 8.52. The normalized spacial score (nSPS) is 10.2. The van der Waals surface area contributed by atoms with Crippen LogP contribution in [0.25, 0.3) is 0 Å². The Kier molecular flexibility index (Phi) is 12.3. The van der Waals surface area contributed by atoms with Gasteiger partial charge in [0.25, 0.3) is 5.69 Å². The number of ether oxygens (including phenoxy) is 2. The summed E-state index contributed by atoms with van der Waals surface area (Å²) in [6, 6.07) is 11.2. The molecule has 0 aliphatic rings. The number of nitrogens with zero attached hydrogens (tertiary/aromatic N) is 3. The molecule has 0 atom stereocenters. The van der Waals surface area contributed by atoms with E-state index >= 15 is 0 Å². The zero-order valence-corrected chi connectivity index (χ0v) is 21.9. The van der Waals surface area contributed by atoms with Crippen LogP contribution in [0.3, 0.4) is 0 Å². The van der Waals surface area contributed by atoms with Crippen LogP contribution in [0.1, 0.15) is 0 Å². The number of hydrogen-bond donors (Lipinski definition) is 1. The number of likely N-dealkylation sites (N-methyl/N-ethyl adjacent to an activating group) is 2. The second-order valence-corrected chi connectivity index (χ2v) is 8.91. The minimum atomic E-state index is -0.360. The lowest BCUT2D eigenvalue weighted by Crippen LogP contribution is -2.22. The second-order valence-electron chi connectivity index (χ2n) is 6.42. The van der Waals surface area contributed by atoms with Gasteiger partial charge >= 0.3 is 0 Å². The van der Waals surface area contributed by atoms with Crippen molar-refractivity contribution in [1.82, 2.24) is 0 Å². The Balaban J connectivity index is 0.000000303. The maximum absolute atomic E-state index is 10.9. The van der Waals surface area contributed by atoms with Crippen molar-refractivity contribution in [1.29, 1.82) is 0 Å². The van der Waals surface area contributed by atoms with Crippen LogP contribution in [0.5, 0.6) is 0 Å². The van der Waals surface area contributed by atoms with Gasteiger partial charge in [0.1, 0.15) is 5.69 Å². The summed E-state index contributed by atoms with van der Waals surface area (Å²) in [6.45, 7) is 2.72. The lowest BCUT2D eigenvalue weighted by Gasteiger charge is -2.20. The van der Waals surface area contributed by atoms with E-state index < -0.39 is 0 Å². The summed E-state index contributed by atoms with van der Waals surface area (Å²) in [7, 11) is 7.13. The first-order valence-corrected chi connectivity index (χ1v) is 11.3. The van der Waals surface area contributed by atoms with Gasteiger partial charge in [-0.1, -0.05) is 0 Å². The van der Waals surface area contributed by atoms with Gasteiger partial charge in [0, 0.05) is 54.6 Å². The van der Waals surface area contributed by atoms with Gasteiger partial charge in [-0.15, -0.1) is 0 Å². The lowest BCUT2D eigenvalue weighted by atomic mass is 10.2. The molecule has 8 nitrogen and oxygen atoms in total. The zero-order chi connectivity index (χ0) is 22.7. The quantitative estimate of drug-likeness (QED) is 0.190. The molecule has 2 aromatic carbocycles. The van der Waals surface area contributed by atoms with E-state index in [0.717, 1.165) is 25.1 Å². The fourth-order valence-electron chi connectivity index (χ4n) is 2.54. The van der Waals surface area contributed by atoms with Gasteiger partial charge in [-0.05, 0) is 75.5 Å². The van der Waals surface area contributed by atoms with E-state index in [-0.39, 0.29) is 10.6 Å². The van der Waals surface area contributed by atoms with Gasteiger partial charge in [0.05, 0.1) is 29.5 Å². The van der Waals surface area contributed by atoms with E-state index in [2.05, 4.69) is 56.1 Å². The molecule has 0 saturated heterocycles. The number of nitro benzene ring substituents is 1. The van der Waals surface area contributed by atoms with Gasteiger partial charge in [0.15, 0.2) is 0 Å². The summed E-state index contributed by atoms with van der Waals surface area (Å²) in [5.74, 6) is 0. The molecule has 0 radical (unpaired) electrons. The van der Waals surface area contributed by atoms with Gasteiger partial charge in [0.2, 0.25) is 0 Å². The minimum absolute atomic E-state index is 0.130. The molecule has 10 heteroatoms. The Labute approximate surface area is 205 Å². The highest BCUT2D eigenvalue weighted by Crippen LogP contribution is 2.28. The number of hydrogen-bond acceptors (Lipinski definition) is 7. The summed E-state index contributed by atoms with van der Waals surface area (Å²) < 4.78 is 12.0. The van der Waals surface area contributed by atoms with E-state index in [0.29, 0.717) is 25.4 Å². The minimum Gasteiger partial charge on any atom is -0.397 e. The lowest BCUT2D eigenvalue weighted by molar-refractivity contribution is -0.384. The van der Waals surface area contributed by atoms with Crippen LogP contribution in [0.4, 0.5) is 22.7 Å². The highest BCUT2D eigenvalue weighted by Gasteiger charge is 2.17. The van der Waals surface area contributed by atoms with E-state index in [9.17, 15) is 10.1 Å². The van der Waals surface area contributed by atoms with E-state index in [1.807, 2.05) is 37.2 Å². The third-order valence-corrected chi connectivity index (χ3v) is 5.55. The number of halogens is 2. The molecular weight excluding hydrogens is 614 g/mol. The molecule has 166 valence electrons. The van der Waals surface area contributed by atoms with Crippen LogP contribution in [-0.2, 0) is 9.47 Å². The molecule has 0 aromatic heterocycles. The number of rotatable bonds is 9. The Morgan fingerprint density at radius 3 is 1.87 bits per heavy atom. The van der Waals surface area contributed by atoms with Gasteiger partial charge in [-0.25, -0.2) is 0 Å². The van der Waals surface area contributed by atoms with Crippen molar-refractivity contribution in [2.45, 2.75) is 0 Å². The molecule has 2 N–H and O–H groups in total. The molecule has 0 heterocycles. The molecule has 30 heavy (non-hydrogen) atoms. The zero-order valence-electron chi connectivity index (χ0n) is 17.6. The van der Waals surface area contributed by atoms with Crippen molar-refractivity contribution in [2.24, 2.45) is 0 Å². The maximum Gasteiger partial charge on any atom is 0.293 e. The van der Waals surface area contributed by atoms with Crippen molar-refractivity contribution in [3.63, 3.8) is 0 Å². The molecule has 0 fully saturated rings. The van der Waals surface area contributed by atoms with E-state index in [1.54, 1.807) is 26.4 Å². The first kappa shape index (κ1) is 26.7.